The number of amides is 1. The normalized spacial score (nSPS) is 14.1. The standard InChI is InChI=1S/C23H30N4O2/c1-24-23(25-14-13-18-8-3-4-12-21(18)29-2)26-16-17-7-5-11-20(15-17)27-22(28)19-9-6-10-19/h3-5,7-8,11-12,15,19H,6,9-10,13-14,16H2,1-2H3,(H,27,28)(H2,24,25,26). The lowest BCUT2D eigenvalue weighted by molar-refractivity contribution is -0.122. The molecule has 1 fully saturated rings. The van der Waals surface area contributed by atoms with Crippen molar-refractivity contribution in [3.8, 4) is 5.75 Å². The maximum atomic E-state index is 12.1. The molecule has 3 rings (SSSR count). The van der Waals surface area contributed by atoms with E-state index in [4.69, 9.17) is 4.74 Å². The van der Waals surface area contributed by atoms with Crippen LogP contribution in [0.4, 0.5) is 5.69 Å². The molecule has 6 nitrogen and oxygen atoms in total. The fourth-order valence-electron chi connectivity index (χ4n) is 3.31. The summed E-state index contributed by atoms with van der Waals surface area (Å²) < 4.78 is 5.40. The van der Waals surface area contributed by atoms with E-state index in [1.807, 2.05) is 42.5 Å². The maximum Gasteiger partial charge on any atom is 0.227 e. The minimum atomic E-state index is 0.134. The van der Waals surface area contributed by atoms with Gasteiger partial charge in [-0.2, -0.15) is 0 Å². The molecule has 1 aliphatic carbocycles. The van der Waals surface area contributed by atoms with Crippen molar-refractivity contribution >= 4 is 17.6 Å². The van der Waals surface area contributed by atoms with Crippen LogP contribution in [-0.4, -0.2) is 32.6 Å². The molecular weight excluding hydrogens is 364 g/mol. The molecule has 0 aliphatic heterocycles. The van der Waals surface area contributed by atoms with Gasteiger partial charge in [0, 0.05) is 31.7 Å². The number of rotatable bonds is 8. The van der Waals surface area contributed by atoms with Gasteiger partial charge in [0.05, 0.1) is 7.11 Å². The first-order valence-corrected chi connectivity index (χ1v) is 10.2. The molecule has 2 aromatic carbocycles. The van der Waals surface area contributed by atoms with Crippen molar-refractivity contribution < 1.29 is 9.53 Å². The Balaban J connectivity index is 1.46. The zero-order valence-electron chi connectivity index (χ0n) is 17.2. The number of anilines is 1. The summed E-state index contributed by atoms with van der Waals surface area (Å²) in [5, 5.41) is 9.68. The minimum Gasteiger partial charge on any atom is -0.496 e. The molecule has 0 heterocycles. The van der Waals surface area contributed by atoms with E-state index in [1.165, 1.54) is 0 Å². The highest BCUT2D eigenvalue weighted by atomic mass is 16.5. The van der Waals surface area contributed by atoms with E-state index in [-0.39, 0.29) is 11.8 Å². The average molecular weight is 395 g/mol. The summed E-state index contributed by atoms with van der Waals surface area (Å²) in [5.41, 5.74) is 3.09. The molecule has 1 saturated carbocycles. The zero-order chi connectivity index (χ0) is 20.5. The van der Waals surface area contributed by atoms with Crippen LogP contribution in [0.5, 0.6) is 5.75 Å². The van der Waals surface area contributed by atoms with Crippen LogP contribution in [0.1, 0.15) is 30.4 Å². The summed E-state index contributed by atoms with van der Waals surface area (Å²) in [4.78, 5) is 16.4. The van der Waals surface area contributed by atoms with Crippen molar-refractivity contribution in [2.24, 2.45) is 10.9 Å². The smallest absolute Gasteiger partial charge is 0.227 e. The molecule has 0 aromatic heterocycles. The number of aliphatic imine (C=N–C) groups is 1. The van der Waals surface area contributed by atoms with Crippen LogP contribution >= 0.6 is 0 Å². The summed E-state index contributed by atoms with van der Waals surface area (Å²) in [7, 11) is 3.45. The number of hydrogen-bond donors (Lipinski definition) is 3. The number of guanidine groups is 1. The summed E-state index contributed by atoms with van der Waals surface area (Å²) in [6.45, 7) is 1.37. The van der Waals surface area contributed by atoms with Crippen LogP contribution in [0.15, 0.2) is 53.5 Å². The number of nitrogens with one attached hydrogen (secondary N) is 3. The lowest BCUT2D eigenvalue weighted by atomic mass is 9.85. The summed E-state index contributed by atoms with van der Waals surface area (Å²) in [5.74, 6) is 1.96. The topological polar surface area (TPSA) is 74.8 Å². The summed E-state index contributed by atoms with van der Waals surface area (Å²) in [6.07, 6.45) is 4.01. The lowest BCUT2D eigenvalue weighted by Gasteiger charge is -2.24. The number of methoxy groups -OCH3 is 1. The first kappa shape index (κ1) is 20.7. The first-order valence-electron chi connectivity index (χ1n) is 10.2. The lowest BCUT2D eigenvalue weighted by Crippen LogP contribution is -2.37. The molecule has 0 radical (unpaired) electrons. The molecule has 0 atom stereocenters. The van der Waals surface area contributed by atoms with E-state index in [0.29, 0.717) is 6.54 Å². The Kier molecular flexibility index (Phi) is 7.50. The van der Waals surface area contributed by atoms with E-state index in [0.717, 1.165) is 60.8 Å². The number of nitrogens with zero attached hydrogens (tertiary/aromatic N) is 1. The van der Waals surface area contributed by atoms with Crippen LogP contribution in [0.2, 0.25) is 0 Å². The number of carbonyl (C=O) groups is 1. The molecular formula is C23H30N4O2. The minimum absolute atomic E-state index is 0.134. The third-order valence-electron chi connectivity index (χ3n) is 5.23. The highest BCUT2D eigenvalue weighted by Gasteiger charge is 2.25. The van der Waals surface area contributed by atoms with Gasteiger partial charge >= 0.3 is 0 Å². The van der Waals surface area contributed by atoms with E-state index >= 15 is 0 Å². The average Bonchev–Trinajstić information content (AvgIpc) is 2.69. The summed E-state index contributed by atoms with van der Waals surface area (Å²) >= 11 is 0. The maximum absolute atomic E-state index is 12.1. The van der Waals surface area contributed by atoms with Gasteiger partial charge in [-0.3, -0.25) is 9.79 Å². The molecule has 0 spiro atoms. The Morgan fingerprint density at radius 2 is 1.97 bits per heavy atom. The Bertz CT molecular complexity index is 846. The summed E-state index contributed by atoms with van der Waals surface area (Å²) in [6, 6.07) is 16.0. The van der Waals surface area contributed by atoms with Gasteiger partial charge in [-0.15, -0.1) is 0 Å². The van der Waals surface area contributed by atoms with Gasteiger partial charge in [0.2, 0.25) is 5.91 Å². The molecule has 3 N–H and O–H groups in total. The van der Waals surface area contributed by atoms with E-state index < -0.39 is 0 Å². The highest BCUT2D eigenvalue weighted by molar-refractivity contribution is 5.93. The molecule has 2 aromatic rings. The monoisotopic (exact) mass is 394 g/mol. The third kappa shape index (κ3) is 5.98. The van der Waals surface area contributed by atoms with Gasteiger partial charge in [0.15, 0.2) is 5.96 Å². The molecule has 6 heteroatoms. The van der Waals surface area contributed by atoms with Crippen molar-refractivity contribution in [3.05, 3.63) is 59.7 Å². The third-order valence-corrected chi connectivity index (χ3v) is 5.23. The van der Waals surface area contributed by atoms with E-state index in [1.54, 1.807) is 14.2 Å². The van der Waals surface area contributed by atoms with E-state index in [2.05, 4.69) is 27.0 Å². The molecule has 154 valence electrons. The van der Waals surface area contributed by atoms with Crippen molar-refractivity contribution in [1.82, 2.24) is 10.6 Å². The second-order valence-electron chi connectivity index (χ2n) is 7.23. The Hall–Kier alpha value is -3.02. The van der Waals surface area contributed by atoms with Gasteiger partial charge in [-0.25, -0.2) is 0 Å². The number of carbonyl (C=O) groups excluding carboxylic acids is 1. The SMILES string of the molecule is CN=C(NCCc1ccccc1OC)NCc1cccc(NC(=O)C2CCC2)c1. The quantitative estimate of drug-likeness (QED) is 0.474. The van der Waals surface area contributed by atoms with Crippen molar-refractivity contribution in [3.63, 3.8) is 0 Å². The van der Waals surface area contributed by atoms with Gasteiger partial charge < -0.3 is 20.7 Å². The van der Waals surface area contributed by atoms with E-state index in [9.17, 15) is 4.79 Å². The van der Waals surface area contributed by atoms with Gasteiger partial charge in [0.25, 0.3) is 0 Å². The number of hydrogen-bond acceptors (Lipinski definition) is 3. The highest BCUT2D eigenvalue weighted by Crippen LogP contribution is 2.27. The van der Waals surface area contributed by atoms with Crippen molar-refractivity contribution in [2.45, 2.75) is 32.2 Å². The fraction of sp³-hybridized carbons (Fsp3) is 0.391. The Labute approximate surface area is 172 Å². The van der Waals surface area contributed by atoms with Gasteiger partial charge in [-0.1, -0.05) is 36.8 Å². The predicted molar refractivity (Wildman–Crippen MR) is 117 cm³/mol. The number of ether oxygens (including phenoxy) is 1. The second kappa shape index (κ2) is 10.5. The number of benzene rings is 2. The van der Waals surface area contributed by atoms with Crippen LogP contribution in [0.3, 0.4) is 0 Å². The second-order valence-corrected chi connectivity index (χ2v) is 7.23. The molecule has 29 heavy (non-hydrogen) atoms. The van der Waals surface area contributed by atoms with Crippen LogP contribution in [0.25, 0.3) is 0 Å². The first-order chi connectivity index (χ1) is 14.2. The van der Waals surface area contributed by atoms with Crippen molar-refractivity contribution in [2.75, 3.05) is 26.0 Å². The molecule has 0 bridgehead atoms. The predicted octanol–water partition coefficient (Wildman–Crippen LogP) is 3.34. The van der Waals surface area contributed by atoms with Crippen LogP contribution in [-0.2, 0) is 17.8 Å². The Morgan fingerprint density at radius 1 is 1.14 bits per heavy atom. The fourth-order valence-corrected chi connectivity index (χ4v) is 3.31. The molecule has 0 unspecified atom stereocenters. The molecule has 0 saturated heterocycles. The van der Waals surface area contributed by atoms with Crippen LogP contribution in [0, 0.1) is 5.92 Å². The number of para-hydroxylation sites is 1. The zero-order valence-corrected chi connectivity index (χ0v) is 17.2. The van der Waals surface area contributed by atoms with Crippen molar-refractivity contribution in [1.29, 1.82) is 0 Å². The molecule has 1 aliphatic rings. The molecule has 1 amide bonds. The van der Waals surface area contributed by atoms with Crippen LogP contribution < -0.4 is 20.7 Å². The van der Waals surface area contributed by atoms with Gasteiger partial charge in [0.1, 0.15) is 5.75 Å². The van der Waals surface area contributed by atoms with Gasteiger partial charge in [-0.05, 0) is 48.6 Å². The Morgan fingerprint density at radius 3 is 2.69 bits per heavy atom. The largest absolute Gasteiger partial charge is 0.496 e.